The van der Waals surface area contributed by atoms with Crippen LogP contribution in [0.25, 0.3) is 0 Å². The highest BCUT2D eigenvalue weighted by atomic mass is 32.2. The van der Waals surface area contributed by atoms with Crippen molar-refractivity contribution in [2.24, 2.45) is 0 Å². The molecule has 3 aliphatic rings. The van der Waals surface area contributed by atoms with E-state index in [0.29, 0.717) is 12.8 Å². The third-order valence-electron chi connectivity index (χ3n) is 5.90. The second kappa shape index (κ2) is 8.27. The maximum atomic E-state index is 13.4. The summed E-state index contributed by atoms with van der Waals surface area (Å²) in [5.41, 5.74) is -0.465. The smallest absolute Gasteiger partial charge is 0.354 e. The molecular formula is C19H29N3O7S. The van der Waals surface area contributed by atoms with Crippen LogP contribution in [-0.2, 0) is 28.9 Å². The van der Waals surface area contributed by atoms with Gasteiger partial charge in [0.05, 0.1) is 35.9 Å². The first-order valence-corrected chi connectivity index (χ1v) is 11.5. The molecule has 2 aliphatic heterocycles. The van der Waals surface area contributed by atoms with Crippen molar-refractivity contribution in [2.75, 3.05) is 46.1 Å². The van der Waals surface area contributed by atoms with Gasteiger partial charge in [0, 0.05) is 25.2 Å². The zero-order valence-corrected chi connectivity index (χ0v) is 18.1. The van der Waals surface area contributed by atoms with Gasteiger partial charge in [-0.1, -0.05) is 0 Å². The quantitative estimate of drug-likeness (QED) is 0.503. The molecular weight excluding hydrogens is 414 g/mol. The molecule has 10 nitrogen and oxygen atoms in total. The number of aliphatic carboxylic acids is 1. The lowest BCUT2D eigenvalue weighted by molar-refractivity contribution is -0.129. The van der Waals surface area contributed by atoms with Crippen molar-refractivity contribution in [2.45, 2.75) is 42.6 Å². The number of ether oxygens (including phenoxy) is 2. The Balaban J connectivity index is 1.95. The van der Waals surface area contributed by atoms with E-state index in [1.54, 1.807) is 13.8 Å². The van der Waals surface area contributed by atoms with Crippen molar-refractivity contribution in [1.29, 1.82) is 5.41 Å². The number of carbonyl (C=O) groups excluding carboxylic acids is 1. The average molecular weight is 444 g/mol. The highest BCUT2D eigenvalue weighted by Gasteiger charge is 2.61. The van der Waals surface area contributed by atoms with Crippen LogP contribution >= 0.6 is 0 Å². The van der Waals surface area contributed by atoms with Gasteiger partial charge in [-0.3, -0.25) is 10.2 Å². The number of hydrogen-bond donors (Lipinski definition) is 3. The summed E-state index contributed by atoms with van der Waals surface area (Å²) in [6.45, 7) is 4.54. The molecule has 2 heterocycles. The van der Waals surface area contributed by atoms with Crippen LogP contribution in [0.4, 0.5) is 0 Å². The third-order valence-corrected chi connectivity index (χ3v) is 9.15. The monoisotopic (exact) mass is 443 g/mol. The molecule has 1 saturated heterocycles. The zero-order valence-electron chi connectivity index (χ0n) is 17.3. The molecule has 30 heavy (non-hydrogen) atoms. The van der Waals surface area contributed by atoms with Crippen LogP contribution in [0.3, 0.4) is 0 Å². The second-order valence-electron chi connectivity index (χ2n) is 8.55. The number of sulfone groups is 1. The van der Waals surface area contributed by atoms with Gasteiger partial charge in [-0.05, 0) is 33.1 Å². The fraction of sp³-hybridized carbons (Fsp3) is 0.737. The van der Waals surface area contributed by atoms with Crippen LogP contribution in [0, 0.1) is 5.41 Å². The SMILES string of the molecule is CC1(C)COCCOCCNC2=C(C(=N)C(=O)O)CCN(CC3(CC3)S1(=O)=O)C2=O. The minimum Gasteiger partial charge on any atom is -0.477 e. The third kappa shape index (κ3) is 4.10. The van der Waals surface area contributed by atoms with Crippen LogP contribution in [0.1, 0.15) is 33.1 Å². The maximum Gasteiger partial charge on any atom is 0.354 e. The molecule has 1 aliphatic carbocycles. The molecule has 1 saturated carbocycles. The topological polar surface area (TPSA) is 146 Å². The summed E-state index contributed by atoms with van der Waals surface area (Å²) in [6.07, 6.45) is 1.11. The van der Waals surface area contributed by atoms with Crippen molar-refractivity contribution in [3.05, 3.63) is 11.3 Å². The Bertz CT molecular complexity index is 875. The summed E-state index contributed by atoms with van der Waals surface area (Å²) in [6, 6.07) is 0. The number of fused-ring (bicyclic) bond motifs is 2. The van der Waals surface area contributed by atoms with Gasteiger partial charge in [-0.25, -0.2) is 13.2 Å². The largest absolute Gasteiger partial charge is 0.477 e. The van der Waals surface area contributed by atoms with Crippen LogP contribution in [-0.4, -0.2) is 91.6 Å². The minimum atomic E-state index is -3.62. The summed E-state index contributed by atoms with van der Waals surface area (Å²) in [4.78, 5) is 25.9. The van der Waals surface area contributed by atoms with Crippen molar-refractivity contribution in [3.63, 3.8) is 0 Å². The van der Waals surface area contributed by atoms with E-state index < -0.39 is 36.9 Å². The summed E-state index contributed by atoms with van der Waals surface area (Å²) in [5.74, 6) is -1.89. The lowest BCUT2D eigenvalue weighted by Crippen LogP contribution is -2.52. The van der Waals surface area contributed by atoms with E-state index in [9.17, 15) is 23.1 Å². The Hall–Kier alpha value is -1.98. The maximum absolute atomic E-state index is 13.4. The van der Waals surface area contributed by atoms with Crippen molar-refractivity contribution < 1.29 is 32.6 Å². The van der Waals surface area contributed by atoms with Gasteiger partial charge >= 0.3 is 5.97 Å². The normalized spacial score (nSPS) is 26.3. The van der Waals surface area contributed by atoms with E-state index in [1.165, 1.54) is 4.90 Å². The molecule has 0 aromatic heterocycles. The van der Waals surface area contributed by atoms with Gasteiger partial charge in [-0.2, -0.15) is 0 Å². The van der Waals surface area contributed by atoms with Crippen molar-refractivity contribution in [3.8, 4) is 0 Å². The molecule has 0 radical (unpaired) electrons. The van der Waals surface area contributed by atoms with Crippen molar-refractivity contribution in [1.82, 2.24) is 10.2 Å². The molecule has 0 aromatic rings. The van der Waals surface area contributed by atoms with Crippen LogP contribution in [0.5, 0.6) is 0 Å². The van der Waals surface area contributed by atoms with E-state index >= 15 is 0 Å². The first-order chi connectivity index (χ1) is 14.0. The van der Waals surface area contributed by atoms with E-state index in [1.807, 2.05) is 0 Å². The zero-order chi connectivity index (χ0) is 22.2. The van der Waals surface area contributed by atoms with E-state index in [2.05, 4.69) is 5.32 Å². The second-order valence-corrected chi connectivity index (χ2v) is 11.5. The number of amides is 1. The standard InChI is InChI=1S/C19H29N3O7S/c1-18(2)12-29-10-9-28-8-6-21-15-13(14(20)17(24)25)3-7-22(16(15)23)11-19(4-5-19)30(18,26)27/h20-21H,3-12H2,1-2H3,(H,24,25). The number of nitrogens with zero attached hydrogens (tertiary/aromatic N) is 1. The van der Waals surface area contributed by atoms with Crippen molar-refractivity contribution >= 4 is 27.4 Å². The predicted octanol–water partition coefficient (Wildman–Crippen LogP) is -0.0604. The summed E-state index contributed by atoms with van der Waals surface area (Å²) in [7, 11) is -3.62. The molecule has 0 aromatic carbocycles. The Kier molecular flexibility index (Phi) is 6.26. The Morgan fingerprint density at radius 2 is 1.87 bits per heavy atom. The van der Waals surface area contributed by atoms with E-state index in [0.717, 1.165) is 0 Å². The van der Waals surface area contributed by atoms with E-state index in [4.69, 9.17) is 14.9 Å². The van der Waals surface area contributed by atoms with Crippen LogP contribution < -0.4 is 5.32 Å². The van der Waals surface area contributed by atoms with Gasteiger partial charge in [-0.15, -0.1) is 0 Å². The molecule has 2 fully saturated rings. The summed E-state index contributed by atoms with van der Waals surface area (Å²) in [5, 5.41) is 20.0. The molecule has 11 heteroatoms. The number of carboxylic acid groups (broad SMARTS) is 1. The molecule has 3 rings (SSSR count). The summed E-state index contributed by atoms with van der Waals surface area (Å²) >= 11 is 0. The van der Waals surface area contributed by atoms with E-state index in [-0.39, 0.29) is 63.8 Å². The van der Waals surface area contributed by atoms with Gasteiger partial charge in [0.1, 0.15) is 11.4 Å². The Morgan fingerprint density at radius 3 is 2.50 bits per heavy atom. The fourth-order valence-electron chi connectivity index (χ4n) is 3.92. The number of hydrogen-bond acceptors (Lipinski definition) is 8. The van der Waals surface area contributed by atoms with Gasteiger partial charge in [0.25, 0.3) is 5.91 Å². The lowest BCUT2D eigenvalue weighted by Gasteiger charge is -2.36. The number of carboxylic acids is 1. The highest BCUT2D eigenvalue weighted by molar-refractivity contribution is 7.94. The molecule has 0 atom stereocenters. The first-order valence-electron chi connectivity index (χ1n) is 10.0. The summed E-state index contributed by atoms with van der Waals surface area (Å²) < 4.78 is 35.7. The number of carbonyl (C=O) groups is 2. The van der Waals surface area contributed by atoms with Crippen LogP contribution in [0.2, 0.25) is 0 Å². The fourth-order valence-corrected chi connectivity index (χ4v) is 6.30. The molecule has 0 unspecified atom stereocenters. The molecule has 3 N–H and O–H groups in total. The average Bonchev–Trinajstić information content (AvgIpc) is 3.46. The minimum absolute atomic E-state index is 0.0378. The van der Waals surface area contributed by atoms with Crippen LogP contribution in [0.15, 0.2) is 11.3 Å². The van der Waals surface area contributed by atoms with Gasteiger partial charge < -0.3 is 24.8 Å². The first kappa shape index (κ1) is 22.7. The Morgan fingerprint density at radius 1 is 1.20 bits per heavy atom. The molecule has 2 bridgehead atoms. The highest BCUT2D eigenvalue weighted by Crippen LogP contribution is 2.49. The molecule has 168 valence electrons. The lowest BCUT2D eigenvalue weighted by atomic mass is 9.99. The predicted molar refractivity (Wildman–Crippen MR) is 108 cm³/mol. The number of nitrogens with one attached hydrogen (secondary N) is 2. The van der Waals surface area contributed by atoms with Gasteiger partial charge in [0.2, 0.25) is 0 Å². The van der Waals surface area contributed by atoms with Gasteiger partial charge in [0.15, 0.2) is 9.84 Å². The molecule has 1 spiro atoms. The Labute approximate surface area is 176 Å². The molecule has 1 amide bonds. The number of rotatable bonds is 2.